The Balaban J connectivity index is 2.14. The molecule has 8 heteroatoms. The quantitative estimate of drug-likeness (QED) is 0.841. The standard InChI is InChI=1S/C19H26FN5O2/c1-19(2,3)10-15(13-6-8-14(20)9-7-13)21-18(27)16-11-25(23-22-16)12-17(26)24(4)5/h6-9,11,15H,10,12H2,1-5H3,(H,21,27)/t15-/m1/s1. The zero-order valence-corrected chi connectivity index (χ0v) is 16.4. The largest absolute Gasteiger partial charge is 0.347 e. The van der Waals surface area contributed by atoms with Gasteiger partial charge < -0.3 is 10.2 Å². The van der Waals surface area contributed by atoms with Crippen molar-refractivity contribution in [2.75, 3.05) is 14.1 Å². The third-order valence-corrected chi connectivity index (χ3v) is 3.96. The molecular formula is C19H26FN5O2. The molecule has 2 rings (SSSR count). The molecule has 146 valence electrons. The van der Waals surface area contributed by atoms with E-state index >= 15 is 0 Å². The fourth-order valence-corrected chi connectivity index (χ4v) is 2.55. The summed E-state index contributed by atoms with van der Waals surface area (Å²) in [5.74, 6) is -0.867. The van der Waals surface area contributed by atoms with Gasteiger partial charge in [0.1, 0.15) is 12.4 Å². The van der Waals surface area contributed by atoms with Crippen LogP contribution in [0.15, 0.2) is 30.5 Å². The van der Waals surface area contributed by atoms with Crippen LogP contribution < -0.4 is 5.32 Å². The predicted octanol–water partition coefficient (Wildman–Crippen LogP) is 2.41. The minimum atomic E-state index is -0.392. The number of aromatic nitrogens is 3. The van der Waals surface area contributed by atoms with Crippen molar-refractivity contribution in [1.82, 2.24) is 25.2 Å². The van der Waals surface area contributed by atoms with Crippen molar-refractivity contribution in [3.05, 3.63) is 47.5 Å². The molecule has 0 aliphatic rings. The van der Waals surface area contributed by atoms with Crippen LogP contribution in [0.2, 0.25) is 0 Å². The van der Waals surface area contributed by atoms with E-state index in [-0.39, 0.29) is 35.4 Å². The summed E-state index contributed by atoms with van der Waals surface area (Å²) in [5, 5.41) is 10.6. The number of halogens is 1. The molecule has 0 bridgehead atoms. The molecule has 7 nitrogen and oxygen atoms in total. The Morgan fingerprint density at radius 1 is 1.22 bits per heavy atom. The van der Waals surface area contributed by atoms with Crippen LogP contribution >= 0.6 is 0 Å². The van der Waals surface area contributed by atoms with Gasteiger partial charge in [0.15, 0.2) is 5.69 Å². The Morgan fingerprint density at radius 2 is 1.85 bits per heavy atom. The highest BCUT2D eigenvalue weighted by Crippen LogP contribution is 2.29. The van der Waals surface area contributed by atoms with Crippen LogP contribution in [0, 0.1) is 11.2 Å². The van der Waals surface area contributed by atoms with E-state index < -0.39 is 5.91 Å². The zero-order chi connectivity index (χ0) is 20.2. The maximum Gasteiger partial charge on any atom is 0.273 e. The first-order valence-corrected chi connectivity index (χ1v) is 8.72. The van der Waals surface area contributed by atoms with Gasteiger partial charge in [-0.3, -0.25) is 9.59 Å². The number of rotatable bonds is 6. The molecule has 0 spiro atoms. The van der Waals surface area contributed by atoms with Crippen molar-refractivity contribution in [3.63, 3.8) is 0 Å². The number of likely N-dealkylation sites (N-methyl/N-ethyl adjacent to an activating group) is 1. The van der Waals surface area contributed by atoms with E-state index in [0.717, 1.165) is 5.56 Å². The molecule has 1 aromatic heterocycles. The number of hydrogen-bond donors (Lipinski definition) is 1. The first-order valence-electron chi connectivity index (χ1n) is 8.72. The minimum absolute atomic E-state index is 0.0106. The van der Waals surface area contributed by atoms with E-state index in [1.165, 1.54) is 27.9 Å². The maximum atomic E-state index is 13.2. The second-order valence-corrected chi connectivity index (χ2v) is 7.93. The molecule has 2 amide bonds. The number of carbonyl (C=O) groups is 2. The monoisotopic (exact) mass is 375 g/mol. The summed E-state index contributed by atoms with van der Waals surface area (Å²) in [6.07, 6.45) is 2.10. The summed E-state index contributed by atoms with van der Waals surface area (Å²) < 4.78 is 14.6. The van der Waals surface area contributed by atoms with E-state index in [9.17, 15) is 14.0 Å². The topological polar surface area (TPSA) is 80.1 Å². The van der Waals surface area contributed by atoms with E-state index in [1.54, 1.807) is 26.2 Å². The molecular weight excluding hydrogens is 349 g/mol. The van der Waals surface area contributed by atoms with Gasteiger partial charge in [-0.15, -0.1) is 5.10 Å². The Labute approximate surface area is 158 Å². The molecule has 0 unspecified atom stereocenters. The van der Waals surface area contributed by atoms with Gasteiger partial charge >= 0.3 is 0 Å². The van der Waals surface area contributed by atoms with Crippen molar-refractivity contribution >= 4 is 11.8 Å². The molecule has 0 aliphatic carbocycles. The number of nitrogens with one attached hydrogen (secondary N) is 1. The molecule has 0 saturated carbocycles. The highest BCUT2D eigenvalue weighted by molar-refractivity contribution is 5.92. The van der Waals surface area contributed by atoms with Crippen LogP contribution in [0.1, 0.15) is 49.3 Å². The third kappa shape index (κ3) is 6.16. The average molecular weight is 375 g/mol. The summed E-state index contributed by atoms with van der Waals surface area (Å²) >= 11 is 0. The molecule has 0 fully saturated rings. The third-order valence-electron chi connectivity index (χ3n) is 3.96. The number of nitrogens with zero attached hydrogens (tertiary/aromatic N) is 4. The van der Waals surface area contributed by atoms with E-state index in [2.05, 4.69) is 36.4 Å². The normalized spacial score (nSPS) is 12.5. The average Bonchev–Trinajstić information content (AvgIpc) is 3.02. The van der Waals surface area contributed by atoms with Crippen LogP contribution in [-0.2, 0) is 11.3 Å². The van der Waals surface area contributed by atoms with Crippen LogP contribution in [-0.4, -0.2) is 45.8 Å². The lowest BCUT2D eigenvalue weighted by Gasteiger charge is -2.27. The number of carbonyl (C=O) groups excluding carboxylic acids is 2. The van der Waals surface area contributed by atoms with Gasteiger partial charge in [0.25, 0.3) is 5.91 Å². The van der Waals surface area contributed by atoms with Gasteiger partial charge in [-0.1, -0.05) is 38.1 Å². The molecule has 0 saturated heterocycles. The summed E-state index contributed by atoms with van der Waals surface area (Å²) in [7, 11) is 3.29. The lowest BCUT2D eigenvalue weighted by atomic mass is 9.85. The Bertz CT molecular complexity index is 793. The number of benzene rings is 1. The van der Waals surface area contributed by atoms with Crippen molar-refractivity contribution in [2.45, 2.75) is 39.8 Å². The van der Waals surface area contributed by atoms with Crippen LogP contribution in [0.4, 0.5) is 4.39 Å². The second-order valence-electron chi connectivity index (χ2n) is 7.93. The van der Waals surface area contributed by atoms with Gasteiger partial charge in [-0.25, -0.2) is 9.07 Å². The molecule has 1 atom stereocenters. The second kappa shape index (κ2) is 8.28. The molecule has 1 heterocycles. The van der Waals surface area contributed by atoms with Gasteiger partial charge in [-0.05, 0) is 29.5 Å². The van der Waals surface area contributed by atoms with Gasteiger partial charge in [0.2, 0.25) is 5.91 Å². The highest BCUT2D eigenvalue weighted by Gasteiger charge is 2.24. The SMILES string of the molecule is CN(C)C(=O)Cn1cc(C(=O)N[C@H](CC(C)(C)C)c2ccc(F)cc2)nn1. The fourth-order valence-electron chi connectivity index (χ4n) is 2.55. The van der Waals surface area contributed by atoms with Crippen LogP contribution in [0.5, 0.6) is 0 Å². The van der Waals surface area contributed by atoms with Crippen molar-refractivity contribution < 1.29 is 14.0 Å². The molecule has 2 aromatic rings. The van der Waals surface area contributed by atoms with Gasteiger partial charge in [-0.2, -0.15) is 0 Å². The lowest BCUT2D eigenvalue weighted by Crippen LogP contribution is -2.31. The molecule has 1 N–H and O–H groups in total. The molecule has 27 heavy (non-hydrogen) atoms. The first-order chi connectivity index (χ1) is 12.5. The van der Waals surface area contributed by atoms with E-state index in [1.807, 2.05) is 0 Å². The summed E-state index contributed by atoms with van der Waals surface area (Å²) in [6.45, 7) is 6.22. The minimum Gasteiger partial charge on any atom is -0.347 e. The van der Waals surface area contributed by atoms with E-state index in [0.29, 0.717) is 6.42 Å². The van der Waals surface area contributed by atoms with Gasteiger partial charge in [0, 0.05) is 14.1 Å². The Kier molecular flexibility index (Phi) is 6.30. The van der Waals surface area contributed by atoms with Crippen LogP contribution in [0.3, 0.4) is 0 Å². The summed E-state index contributed by atoms with van der Waals surface area (Å²) in [6, 6.07) is 5.78. The van der Waals surface area contributed by atoms with Crippen molar-refractivity contribution in [2.24, 2.45) is 5.41 Å². The molecule has 0 aliphatic heterocycles. The smallest absolute Gasteiger partial charge is 0.273 e. The van der Waals surface area contributed by atoms with Gasteiger partial charge in [0.05, 0.1) is 12.2 Å². The number of amides is 2. The molecule has 0 radical (unpaired) electrons. The number of hydrogen-bond acceptors (Lipinski definition) is 4. The predicted molar refractivity (Wildman–Crippen MR) is 99.4 cm³/mol. The summed E-state index contributed by atoms with van der Waals surface area (Å²) in [5.41, 5.74) is 0.889. The Morgan fingerprint density at radius 3 is 2.41 bits per heavy atom. The van der Waals surface area contributed by atoms with E-state index in [4.69, 9.17) is 0 Å². The highest BCUT2D eigenvalue weighted by atomic mass is 19.1. The summed E-state index contributed by atoms with van der Waals surface area (Å²) in [4.78, 5) is 25.8. The van der Waals surface area contributed by atoms with Crippen molar-refractivity contribution in [1.29, 1.82) is 0 Å². The molecule has 1 aromatic carbocycles. The zero-order valence-electron chi connectivity index (χ0n) is 16.4. The Hall–Kier alpha value is -2.77. The van der Waals surface area contributed by atoms with Crippen molar-refractivity contribution in [3.8, 4) is 0 Å². The fraction of sp³-hybridized carbons (Fsp3) is 0.474. The van der Waals surface area contributed by atoms with Crippen LogP contribution in [0.25, 0.3) is 0 Å². The maximum absolute atomic E-state index is 13.2. The lowest BCUT2D eigenvalue weighted by molar-refractivity contribution is -0.129. The first kappa shape index (κ1) is 20.5.